The smallest absolute Gasteiger partial charge is 0.0682 e. The van der Waals surface area contributed by atoms with E-state index in [1.165, 1.54) is 38.5 Å². The average Bonchev–Trinajstić information content (AvgIpc) is 2.10. The Kier molecular flexibility index (Phi) is 17.2. The van der Waals surface area contributed by atoms with Crippen LogP contribution in [0.5, 0.6) is 0 Å². The average molecular weight is 184 g/mol. The molecule has 2 nitrogen and oxygen atoms in total. The molecule has 1 N–H and O–H groups in total. The van der Waals surface area contributed by atoms with Crippen molar-refractivity contribution in [1.82, 2.24) is 5.48 Å². The van der Waals surface area contributed by atoms with Gasteiger partial charge in [0, 0.05) is 15.0 Å². The van der Waals surface area contributed by atoms with Gasteiger partial charge in [0.1, 0.15) is 0 Å². The summed E-state index contributed by atoms with van der Waals surface area (Å²) >= 11 is 0. The minimum Gasteiger partial charge on any atom is -0.302 e. The fourth-order valence-electron chi connectivity index (χ4n) is 1.02. The third-order valence-electron chi connectivity index (χ3n) is 1.83. The van der Waals surface area contributed by atoms with Crippen molar-refractivity contribution >= 4 is 8.41 Å². The van der Waals surface area contributed by atoms with E-state index >= 15 is 0 Å². The zero-order chi connectivity index (χ0) is 9.07. The maximum Gasteiger partial charge on any atom is 0.0682 e. The Morgan fingerprint density at radius 3 is 2.15 bits per heavy atom. The fraction of sp³-hybridized carbons (Fsp3) is 1.00. The second kappa shape index (κ2) is 14.5. The molecule has 0 fully saturated rings. The topological polar surface area (TPSA) is 21.3 Å². The van der Waals surface area contributed by atoms with Crippen LogP contribution in [0.3, 0.4) is 0 Å². The second-order valence-electron chi connectivity index (χ2n) is 3.16. The highest BCUT2D eigenvalue weighted by atomic mass is 16.6. The highest BCUT2D eigenvalue weighted by molar-refractivity contribution is 5.75. The first-order valence-corrected chi connectivity index (χ1v) is 5.26. The first-order chi connectivity index (χ1) is 5.91. The lowest BCUT2D eigenvalue weighted by Gasteiger charge is -2.04. The van der Waals surface area contributed by atoms with E-state index in [4.69, 9.17) is 4.84 Å². The predicted octanol–water partition coefficient (Wildman–Crippen LogP) is 2.51. The maximum absolute atomic E-state index is 5.23. The summed E-state index contributed by atoms with van der Waals surface area (Å²) < 4.78 is 0. The van der Waals surface area contributed by atoms with Crippen molar-refractivity contribution in [2.75, 3.05) is 13.2 Å². The SMILES string of the molecule is CCCCCNOCCCCC.[B]. The number of hydrogen-bond acceptors (Lipinski definition) is 2. The van der Waals surface area contributed by atoms with E-state index in [9.17, 15) is 0 Å². The van der Waals surface area contributed by atoms with Gasteiger partial charge in [0.25, 0.3) is 0 Å². The third kappa shape index (κ3) is 14.8. The number of hydroxylamine groups is 1. The molecule has 0 aromatic heterocycles. The van der Waals surface area contributed by atoms with Gasteiger partial charge in [-0.05, 0) is 12.8 Å². The van der Waals surface area contributed by atoms with Crippen LogP contribution in [0.1, 0.15) is 52.4 Å². The molecule has 0 aliphatic heterocycles. The van der Waals surface area contributed by atoms with Crippen molar-refractivity contribution in [2.45, 2.75) is 52.4 Å². The summed E-state index contributed by atoms with van der Waals surface area (Å²) in [7, 11) is 0. The largest absolute Gasteiger partial charge is 0.302 e. The van der Waals surface area contributed by atoms with Crippen molar-refractivity contribution in [3.8, 4) is 0 Å². The molecule has 0 unspecified atom stereocenters. The molecule has 77 valence electrons. The molecule has 3 heteroatoms. The van der Waals surface area contributed by atoms with Crippen LogP contribution in [0.2, 0.25) is 0 Å². The van der Waals surface area contributed by atoms with Crippen LogP contribution in [0.25, 0.3) is 0 Å². The van der Waals surface area contributed by atoms with Crippen LogP contribution < -0.4 is 5.48 Å². The van der Waals surface area contributed by atoms with Gasteiger partial charge >= 0.3 is 0 Å². The summed E-state index contributed by atoms with van der Waals surface area (Å²) in [6, 6.07) is 0. The zero-order valence-electron chi connectivity index (χ0n) is 9.14. The van der Waals surface area contributed by atoms with E-state index in [1.807, 2.05) is 0 Å². The zero-order valence-corrected chi connectivity index (χ0v) is 9.14. The van der Waals surface area contributed by atoms with Gasteiger partial charge in [-0.2, -0.15) is 0 Å². The van der Waals surface area contributed by atoms with Crippen LogP contribution in [0.15, 0.2) is 0 Å². The molecule has 0 aliphatic carbocycles. The molecular weight excluding hydrogens is 161 g/mol. The predicted molar refractivity (Wildman–Crippen MR) is 58.8 cm³/mol. The lowest BCUT2D eigenvalue weighted by Crippen LogP contribution is -2.16. The molecule has 0 spiro atoms. The van der Waals surface area contributed by atoms with E-state index in [0.29, 0.717) is 0 Å². The molecule has 0 amide bonds. The van der Waals surface area contributed by atoms with E-state index < -0.39 is 0 Å². The van der Waals surface area contributed by atoms with Gasteiger partial charge in [-0.25, -0.2) is 5.48 Å². The summed E-state index contributed by atoms with van der Waals surface area (Å²) in [6.45, 7) is 6.27. The minimum absolute atomic E-state index is 0. The molecule has 3 radical (unpaired) electrons. The van der Waals surface area contributed by atoms with E-state index in [-0.39, 0.29) is 8.41 Å². The summed E-state index contributed by atoms with van der Waals surface area (Å²) in [4.78, 5) is 5.23. The molecule has 0 aromatic rings. The first-order valence-electron chi connectivity index (χ1n) is 5.26. The Morgan fingerprint density at radius 2 is 1.54 bits per heavy atom. The van der Waals surface area contributed by atoms with E-state index in [2.05, 4.69) is 19.3 Å². The highest BCUT2D eigenvalue weighted by Crippen LogP contribution is 1.94. The van der Waals surface area contributed by atoms with E-state index in [0.717, 1.165) is 13.2 Å². The van der Waals surface area contributed by atoms with Gasteiger partial charge in [-0.3, -0.25) is 0 Å². The Hall–Kier alpha value is -0.0151. The Morgan fingerprint density at radius 1 is 0.923 bits per heavy atom. The van der Waals surface area contributed by atoms with Gasteiger partial charge in [0.15, 0.2) is 0 Å². The summed E-state index contributed by atoms with van der Waals surface area (Å²) in [5.74, 6) is 0. The van der Waals surface area contributed by atoms with Crippen LogP contribution >= 0.6 is 0 Å². The van der Waals surface area contributed by atoms with Gasteiger partial charge in [0.05, 0.1) is 6.61 Å². The number of unbranched alkanes of at least 4 members (excludes halogenated alkanes) is 4. The molecule has 13 heavy (non-hydrogen) atoms. The Balaban J connectivity index is 0. The maximum atomic E-state index is 5.23. The van der Waals surface area contributed by atoms with Crippen molar-refractivity contribution in [3.05, 3.63) is 0 Å². The molecule has 0 bridgehead atoms. The van der Waals surface area contributed by atoms with Gasteiger partial charge in [-0.1, -0.05) is 39.5 Å². The van der Waals surface area contributed by atoms with Crippen LogP contribution in [-0.4, -0.2) is 21.6 Å². The summed E-state index contributed by atoms with van der Waals surface area (Å²) in [6.07, 6.45) is 7.51. The Bertz CT molecular complexity index is 71.3. The standard InChI is InChI=1S/C10H23NO.B/c1-3-5-7-9-11-12-10-8-6-4-2;/h11H,3-10H2,1-2H3;. The second-order valence-corrected chi connectivity index (χ2v) is 3.16. The third-order valence-corrected chi connectivity index (χ3v) is 1.83. The molecule has 0 aliphatic rings. The van der Waals surface area contributed by atoms with Crippen LogP contribution in [-0.2, 0) is 4.84 Å². The van der Waals surface area contributed by atoms with Crippen molar-refractivity contribution in [1.29, 1.82) is 0 Å². The molecule has 0 heterocycles. The molecular formula is C10H23BNO. The van der Waals surface area contributed by atoms with E-state index in [1.54, 1.807) is 0 Å². The fourth-order valence-corrected chi connectivity index (χ4v) is 1.02. The quantitative estimate of drug-likeness (QED) is 0.337. The molecule has 0 saturated heterocycles. The molecule has 0 aromatic carbocycles. The summed E-state index contributed by atoms with van der Waals surface area (Å²) in [5, 5.41) is 0. The summed E-state index contributed by atoms with van der Waals surface area (Å²) in [5.41, 5.74) is 2.98. The lowest BCUT2D eigenvalue weighted by atomic mass is 10.2. The molecule has 0 saturated carbocycles. The van der Waals surface area contributed by atoms with Crippen LogP contribution in [0.4, 0.5) is 0 Å². The van der Waals surface area contributed by atoms with Crippen molar-refractivity contribution in [3.63, 3.8) is 0 Å². The molecule has 0 rings (SSSR count). The Labute approximate surface area is 85.0 Å². The number of nitrogens with one attached hydrogen (secondary N) is 1. The number of rotatable bonds is 9. The normalized spacial score (nSPS) is 9.69. The van der Waals surface area contributed by atoms with Crippen molar-refractivity contribution in [2.24, 2.45) is 0 Å². The van der Waals surface area contributed by atoms with Gasteiger partial charge < -0.3 is 4.84 Å². The van der Waals surface area contributed by atoms with Crippen molar-refractivity contribution < 1.29 is 4.84 Å². The van der Waals surface area contributed by atoms with Gasteiger partial charge in [0.2, 0.25) is 0 Å². The van der Waals surface area contributed by atoms with Crippen LogP contribution in [0, 0.1) is 0 Å². The van der Waals surface area contributed by atoms with Gasteiger partial charge in [-0.15, -0.1) is 0 Å². The highest BCUT2D eigenvalue weighted by Gasteiger charge is 1.88. The minimum atomic E-state index is 0. The lowest BCUT2D eigenvalue weighted by molar-refractivity contribution is 0.0379. The first kappa shape index (κ1) is 15.5. The monoisotopic (exact) mass is 184 g/mol. The number of hydrogen-bond donors (Lipinski definition) is 1. The molecule has 0 atom stereocenters.